The number of carbonyl (C=O) groups is 1. The third-order valence-electron chi connectivity index (χ3n) is 3.27. The second-order valence-corrected chi connectivity index (χ2v) is 4.83. The predicted molar refractivity (Wildman–Crippen MR) is 61.3 cm³/mol. The lowest BCUT2D eigenvalue weighted by atomic mass is 9.81. The Hall–Kier alpha value is -1.43. The van der Waals surface area contributed by atoms with Gasteiger partial charge in [-0.05, 0) is 26.7 Å². The molecule has 1 saturated heterocycles. The van der Waals surface area contributed by atoms with Crippen LogP contribution in [0, 0.1) is 6.92 Å². The van der Waals surface area contributed by atoms with Crippen LogP contribution in [0.25, 0.3) is 0 Å². The van der Waals surface area contributed by atoms with Crippen molar-refractivity contribution in [1.29, 1.82) is 0 Å². The van der Waals surface area contributed by atoms with Crippen LogP contribution in [0.1, 0.15) is 31.5 Å². The fraction of sp³-hybridized carbons (Fsp3) is 0.727. The van der Waals surface area contributed by atoms with E-state index in [1.54, 1.807) is 11.8 Å². The maximum Gasteiger partial charge on any atom is 0.236 e. The van der Waals surface area contributed by atoms with E-state index in [2.05, 4.69) is 17.1 Å². The summed E-state index contributed by atoms with van der Waals surface area (Å²) in [5.41, 5.74) is 5.15. The summed E-state index contributed by atoms with van der Waals surface area (Å²) < 4.78 is 5.24. The van der Waals surface area contributed by atoms with Gasteiger partial charge in [0.1, 0.15) is 0 Å². The van der Waals surface area contributed by atoms with Gasteiger partial charge in [0.15, 0.2) is 5.82 Å². The molecule has 0 bridgehead atoms. The molecule has 2 rings (SSSR count). The average Bonchev–Trinajstić information content (AvgIpc) is 2.76. The molecule has 1 aliphatic rings. The molecule has 1 aromatic heterocycles. The smallest absolute Gasteiger partial charge is 0.236 e. The maximum absolute atomic E-state index is 11.6. The molecule has 1 fully saturated rings. The van der Waals surface area contributed by atoms with Crippen molar-refractivity contribution in [3.8, 4) is 0 Å². The van der Waals surface area contributed by atoms with Crippen LogP contribution in [0.4, 0.5) is 0 Å². The number of carbonyl (C=O) groups excluding carboxylic acids is 1. The van der Waals surface area contributed by atoms with Crippen molar-refractivity contribution < 1.29 is 9.32 Å². The Morgan fingerprint density at radius 2 is 2.41 bits per heavy atom. The van der Waals surface area contributed by atoms with Crippen molar-refractivity contribution in [2.24, 2.45) is 5.73 Å². The van der Waals surface area contributed by atoms with E-state index in [9.17, 15) is 4.79 Å². The molecule has 1 atom stereocenters. The van der Waals surface area contributed by atoms with E-state index in [-0.39, 0.29) is 17.9 Å². The predicted octanol–water partition coefficient (Wildman–Crippen LogP) is 0.217. The summed E-state index contributed by atoms with van der Waals surface area (Å²) in [5.74, 6) is 1.22. The number of hydrogen-bond donors (Lipinski definition) is 1. The number of piperidine rings is 1. The maximum atomic E-state index is 11.6. The minimum absolute atomic E-state index is 0.0211. The molecule has 2 heterocycles. The molecule has 0 saturated carbocycles. The Labute approximate surface area is 100 Å². The Morgan fingerprint density at radius 3 is 3.00 bits per heavy atom. The van der Waals surface area contributed by atoms with E-state index in [4.69, 9.17) is 10.3 Å². The monoisotopic (exact) mass is 238 g/mol. The summed E-state index contributed by atoms with van der Waals surface area (Å²) in [6.07, 6.45) is 1.88. The third-order valence-corrected chi connectivity index (χ3v) is 3.27. The first-order chi connectivity index (χ1) is 8.05. The van der Waals surface area contributed by atoms with Gasteiger partial charge in [-0.15, -0.1) is 0 Å². The second-order valence-electron chi connectivity index (χ2n) is 4.83. The van der Waals surface area contributed by atoms with Crippen molar-refractivity contribution in [1.82, 2.24) is 15.0 Å². The van der Waals surface area contributed by atoms with Crippen molar-refractivity contribution in [3.05, 3.63) is 11.7 Å². The molecule has 94 valence electrons. The number of aryl methyl sites for hydroxylation is 1. The Kier molecular flexibility index (Phi) is 3.15. The number of hydrogen-bond acceptors (Lipinski definition) is 5. The van der Waals surface area contributed by atoms with Gasteiger partial charge in [0.25, 0.3) is 0 Å². The highest BCUT2D eigenvalue weighted by atomic mass is 16.5. The van der Waals surface area contributed by atoms with Gasteiger partial charge in [0, 0.05) is 13.1 Å². The summed E-state index contributed by atoms with van der Waals surface area (Å²) in [5, 5.41) is 3.81. The first-order valence-electron chi connectivity index (χ1n) is 5.84. The molecule has 2 N–H and O–H groups in total. The van der Waals surface area contributed by atoms with Gasteiger partial charge in [-0.2, -0.15) is 4.98 Å². The minimum atomic E-state index is -0.246. The number of rotatable bonds is 2. The molecule has 17 heavy (non-hydrogen) atoms. The minimum Gasteiger partial charge on any atom is -0.341 e. The number of nitrogens with zero attached hydrogens (tertiary/aromatic N) is 3. The zero-order valence-corrected chi connectivity index (χ0v) is 10.3. The molecule has 6 nitrogen and oxygen atoms in total. The standard InChI is InChI=1S/C11H18N4O2/c1-8-13-10(17-14-8)11(2)4-3-5-15(7-11)9(16)6-12/h3-7,12H2,1-2H3/t11-/m1/s1. The van der Waals surface area contributed by atoms with Crippen LogP contribution in [0.2, 0.25) is 0 Å². The molecular formula is C11H18N4O2. The van der Waals surface area contributed by atoms with Gasteiger partial charge in [-0.3, -0.25) is 4.79 Å². The van der Waals surface area contributed by atoms with Crippen molar-refractivity contribution in [2.75, 3.05) is 19.6 Å². The molecule has 0 radical (unpaired) electrons. The molecule has 0 spiro atoms. The van der Waals surface area contributed by atoms with Gasteiger partial charge in [-0.1, -0.05) is 5.16 Å². The lowest BCUT2D eigenvalue weighted by Gasteiger charge is -2.37. The summed E-state index contributed by atoms with van der Waals surface area (Å²) in [4.78, 5) is 17.7. The van der Waals surface area contributed by atoms with Gasteiger partial charge in [0.2, 0.25) is 11.8 Å². The normalized spacial score (nSPS) is 25.0. The van der Waals surface area contributed by atoms with Crippen LogP contribution in [-0.2, 0) is 10.2 Å². The number of likely N-dealkylation sites (tertiary alicyclic amines) is 1. The highest BCUT2D eigenvalue weighted by Crippen LogP contribution is 2.32. The molecule has 1 aliphatic heterocycles. The molecule has 1 amide bonds. The first-order valence-corrected chi connectivity index (χ1v) is 5.84. The number of nitrogens with two attached hydrogens (primary N) is 1. The first kappa shape index (κ1) is 12.0. The highest BCUT2D eigenvalue weighted by molar-refractivity contribution is 5.78. The summed E-state index contributed by atoms with van der Waals surface area (Å²) in [7, 11) is 0. The van der Waals surface area contributed by atoms with Crippen LogP contribution in [0.3, 0.4) is 0 Å². The lowest BCUT2D eigenvalue weighted by Crippen LogP contribution is -2.49. The van der Waals surface area contributed by atoms with Gasteiger partial charge >= 0.3 is 0 Å². The van der Waals surface area contributed by atoms with Crippen LogP contribution in [0.15, 0.2) is 4.52 Å². The molecule has 6 heteroatoms. The summed E-state index contributed by atoms with van der Waals surface area (Å²) in [6.45, 7) is 5.26. The van der Waals surface area contributed by atoms with Crippen LogP contribution in [-0.4, -0.2) is 40.6 Å². The Bertz CT molecular complexity index is 417. The Balaban J connectivity index is 2.17. The quantitative estimate of drug-likeness (QED) is 0.796. The molecule has 0 unspecified atom stereocenters. The fourth-order valence-electron chi connectivity index (χ4n) is 2.30. The lowest BCUT2D eigenvalue weighted by molar-refractivity contribution is -0.132. The van der Waals surface area contributed by atoms with Gasteiger partial charge < -0.3 is 15.2 Å². The average molecular weight is 238 g/mol. The van der Waals surface area contributed by atoms with Crippen LogP contribution in [0.5, 0.6) is 0 Å². The zero-order valence-electron chi connectivity index (χ0n) is 10.3. The van der Waals surface area contributed by atoms with Crippen LogP contribution < -0.4 is 5.73 Å². The molecule has 0 aromatic carbocycles. The Morgan fingerprint density at radius 1 is 1.65 bits per heavy atom. The van der Waals surface area contributed by atoms with Gasteiger partial charge in [0.05, 0.1) is 12.0 Å². The molecule has 0 aliphatic carbocycles. The van der Waals surface area contributed by atoms with E-state index in [1.807, 2.05) is 0 Å². The van der Waals surface area contributed by atoms with E-state index in [0.29, 0.717) is 18.3 Å². The number of aromatic nitrogens is 2. The van der Waals surface area contributed by atoms with E-state index >= 15 is 0 Å². The number of amides is 1. The molecular weight excluding hydrogens is 220 g/mol. The topological polar surface area (TPSA) is 85.2 Å². The summed E-state index contributed by atoms with van der Waals surface area (Å²) in [6, 6.07) is 0. The van der Waals surface area contributed by atoms with Crippen molar-refractivity contribution >= 4 is 5.91 Å². The van der Waals surface area contributed by atoms with Gasteiger partial charge in [-0.25, -0.2) is 0 Å². The highest BCUT2D eigenvalue weighted by Gasteiger charge is 2.38. The SMILES string of the molecule is Cc1noc([C@]2(C)CCCN(C(=O)CN)C2)n1. The zero-order chi connectivity index (χ0) is 12.5. The van der Waals surface area contributed by atoms with E-state index in [0.717, 1.165) is 19.4 Å². The van der Waals surface area contributed by atoms with E-state index < -0.39 is 0 Å². The second kappa shape index (κ2) is 4.44. The van der Waals surface area contributed by atoms with Crippen molar-refractivity contribution in [3.63, 3.8) is 0 Å². The van der Waals surface area contributed by atoms with E-state index in [1.165, 1.54) is 0 Å². The summed E-state index contributed by atoms with van der Waals surface area (Å²) >= 11 is 0. The fourth-order valence-corrected chi connectivity index (χ4v) is 2.30. The third kappa shape index (κ3) is 2.31. The largest absolute Gasteiger partial charge is 0.341 e. The molecule has 1 aromatic rings. The van der Waals surface area contributed by atoms with Crippen LogP contribution >= 0.6 is 0 Å². The van der Waals surface area contributed by atoms with Crippen molar-refractivity contribution in [2.45, 2.75) is 32.1 Å².